The van der Waals surface area contributed by atoms with Crippen molar-refractivity contribution in [2.24, 2.45) is 0 Å². The van der Waals surface area contributed by atoms with E-state index in [2.05, 4.69) is 6.92 Å². The van der Waals surface area contributed by atoms with Crippen LogP contribution >= 0.6 is 0 Å². The summed E-state index contributed by atoms with van der Waals surface area (Å²) in [6.07, 6.45) is 3.05. The second-order valence-electron chi connectivity index (χ2n) is 6.92. The van der Waals surface area contributed by atoms with Gasteiger partial charge in [0.15, 0.2) is 5.43 Å². The maximum absolute atomic E-state index is 12.7. The Morgan fingerprint density at radius 3 is 2.64 bits per heavy atom. The molecule has 3 rings (SSSR count). The molecule has 4 nitrogen and oxygen atoms in total. The van der Waals surface area contributed by atoms with Gasteiger partial charge in [0.1, 0.15) is 11.5 Å². The number of aryl methyl sites for hydroxylation is 1. The average Bonchev–Trinajstić information content (AvgIpc) is 2.60. The third-order valence-corrected chi connectivity index (χ3v) is 4.93. The third-order valence-electron chi connectivity index (χ3n) is 4.93. The molecule has 2 heterocycles. The Hall–Kier alpha value is -2.36. The first-order valence-corrected chi connectivity index (χ1v) is 8.99. The lowest BCUT2D eigenvalue weighted by Crippen LogP contribution is -2.39. The summed E-state index contributed by atoms with van der Waals surface area (Å²) in [7, 11) is 0. The van der Waals surface area contributed by atoms with Gasteiger partial charge in [0.2, 0.25) is 5.91 Å². The van der Waals surface area contributed by atoms with E-state index in [1.54, 1.807) is 17.9 Å². The molecule has 0 bridgehead atoms. The summed E-state index contributed by atoms with van der Waals surface area (Å²) in [6, 6.07) is 9.54. The number of rotatable bonds is 4. The molecule has 0 spiro atoms. The number of carbonyl (C=O) groups is 1. The minimum atomic E-state index is -0.0377. The summed E-state index contributed by atoms with van der Waals surface area (Å²) in [5.74, 6) is 1.48. The van der Waals surface area contributed by atoms with E-state index in [1.165, 1.54) is 5.56 Å². The van der Waals surface area contributed by atoms with E-state index in [9.17, 15) is 9.59 Å². The molecule has 0 radical (unpaired) electrons. The normalized spacial score (nSPS) is 16.6. The standard InChI is InChI=1S/C21H25NO3/c1-4-5-6-17-12-22(15(3)23)13-18-19(24)11-20(25-21(17)18)16-9-7-14(2)8-10-16/h7-11,17H,4-6,12-13H2,1-3H3. The molecule has 25 heavy (non-hydrogen) atoms. The van der Waals surface area contributed by atoms with Crippen molar-refractivity contribution in [3.63, 3.8) is 0 Å². The van der Waals surface area contributed by atoms with Gasteiger partial charge >= 0.3 is 0 Å². The van der Waals surface area contributed by atoms with Gasteiger partial charge in [0.05, 0.1) is 12.1 Å². The summed E-state index contributed by atoms with van der Waals surface area (Å²) in [6.45, 7) is 6.71. The van der Waals surface area contributed by atoms with Crippen LogP contribution in [0.4, 0.5) is 0 Å². The first-order chi connectivity index (χ1) is 12.0. The summed E-state index contributed by atoms with van der Waals surface area (Å²) in [4.78, 5) is 26.3. The van der Waals surface area contributed by atoms with Crippen molar-refractivity contribution in [2.45, 2.75) is 52.5 Å². The predicted molar refractivity (Wildman–Crippen MR) is 98.5 cm³/mol. The molecule has 0 fully saturated rings. The van der Waals surface area contributed by atoms with Gasteiger partial charge in [0.25, 0.3) is 0 Å². The Morgan fingerprint density at radius 2 is 2.00 bits per heavy atom. The molecule has 132 valence electrons. The average molecular weight is 339 g/mol. The maximum Gasteiger partial charge on any atom is 0.219 e. The molecule has 1 unspecified atom stereocenters. The lowest BCUT2D eigenvalue weighted by atomic mass is 9.91. The van der Waals surface area contributed by atoms with Crippen molar-refractivity contribution in [1.82, 2.24) is 4.90 Å². The summed E-state index contributed by atoms with van der Waals surface area (Å²) in [5.41, 5.74) is 2.68. The fourth-order valence-corrected chi connectivity index (χ4v) is 3.40. The number of nitrogens with zero attached hydrogens (tertiary/aromatic N) is 1. The summed E-state index contributed by atoms with van der Waals surface area (Å²) in [5, 5.41) is 0. The van der Waals surface area contributed by atoms with Crippen LogP contribution < -0.4 is 5.43 Å². The quantitative estimate of drug-likeness (QED) is 0.836. The van der Waals surface area contributed by atoms with Gasteiger partial charge in [-0.3, -0.25) is 9.59 Å². The topological polar surface area (TPSA) is 50.5 Å². The molecule has 1 atom stereocenters. The molecule has 0 saturated carbocycles. The van der Waals surface area contributed by atoms with Crippen LogP contribution in [0.2, 0.25) is 0 Å². The van der Waals surface area contributed by atoms with E-state index in [0.717, 1.165) is 30.6 Å². The zero-order valence-electron chi connectivity index (χ0n) is 15.2. The fraction of sp³-hybridized carbons (Fsp3) is 0.429. The molecule has 1 aromatic carbocycles. The van der Waals surface area contributed by atoms with Crippen LogP contribution in [0.1, 0.15) is 55.9 Å². The molecule has 0 saturated heterocycles. The van der Waals surface area contributed by atoms with E-state index >= 15 is 0 Å². The molecule has 2 aromatic rings. The monoisotopic (exact) mass is 339 g/mol. The molecule has 1 amide bonds. The van der Waals surface area contributed by atoms with Crippen LogP contribution in [0.15, 0.2) is 39.5 Å². The molecule has 4 heteroatoms. The van der Waals surface area contributed by atoms with Crippen molar-refractivity contribution >= 4 is 5.91 Å². The van der Waals surface area contributed by atoms with Gasteiger partial charge in [-0.2, -0.15) is 0 Å². The third kappa shape index (κ3) is 3.68. The minimum Gasteiger partial charge on any atom is -0.460 e. The Kier molecular flexibility index (Phi) is 5.07. The number of carbonyl (C=O) groups excluding carboxylic acids is 1. The number of hydrogen-bond acceptors (Lipinski definition) is 3. The van der Waals surface area contributed by atoms with Gasteiger partial charge in [-0.1, -0.05) is 49.6 Å². The van der Waals surface area contributed by atoms with Crippen molar-refractivity contribution < 1.29 is 9.21 Å². The minimum absolute atomic E-state index is 0.00848. The second kappa shape index (κ2) is 7.26. The summed E-state index contributed by atoms with van der Waals surface area (Å²) >= 11 is 0. The van der Waals surface area contributed by atoms with Crippen molar-refractivity contribution in [1.29, 1.82) is 0 Å². The van der Waals surface area contributed by atoms with Crippen LogP contribution in [0.3, 0.4) is 0 Å². The van der Waals surface area contributed by atoms with E-state index in [4.69, 9.17) is 4.42 Å². The van der Waals surface area contributed by atoms with Crippen molar-refractivity contribution in [2.75, 3.05) is 6.54 Å². The van der Waals surface area contributed by atoms with E-state index in [-0.39, 0.29) is 17.3 Å². The highest BCUT2D eigenvalue weighted by molar-refractivity contribution is 5.73. The van der Waals surface area contributed by atoms with Crippen molar-refractivity contribution in [3.05, 3.63) is 57.4 Å². The molecule has 1 aromatic heterocycles. The van der Waals surface area contributed by atoms with Crippen molar-refractivity contribution in [3.8, 4) is 11.3 Å². The Labute approximate surface area is 148 Å². The molecular formula is C21H25NO3. The van der Waals surface area contributed by atoms with Crippen LogP contribution in [-0.2, 0) is 11.3 Å². The zero-order chi connectivity index (χ0) is 18.0. The molecule has 1 aliphatic rings. The SMILES string of the molecule is CCCCC1CN(C(C)=O)Cc2c1oc(-c1ccc(C)cc1)cc2=O. The highest BCUT2D eigenvalue weighted by atomic mass is 16.3. The van der Waals surface area contributed by atoms with E-state index in [0.29, 0.717) is 24.4 Å². The van der Waals surface area contributed by atoms with Gasteiger partial charge in [-0.15, -0.1) is 0 Å². The number of hydrogen-bond donors (Lipinski definition) is 0. The highest BCUT2D eigenvalue weighted by Gasteiger charge is 2.31. The first-order valence-electron chi connectivity index (χ1n) is 8.99. The highest BCUT2D eigenvalue weighted by Crippen LogP contribution is 2.33. The molecule has 0 aliphatic carbocycles. The maximum atomic E-state index is 12.7. The number of fused-ring (bicyclic) bond motifs is 1. The Bertz CT molecular complexity index is 820. The molecular weight excluding hydrogens is 314 g/mol. The van der Waals surface area contributed by atoms with Gasteiger partial charge < -0.3 is 9.32 Å². The molecule has 0 N–H and O–H groups in total. The van der Waals surface area contributed by atoms with Gasteiger partial charge in [-0.25, -0.2) is 0 Å². The van der Waals surface area contributed by atoms with Crippen LogP contribution in [-0.4, -0.2) is 17.4 Å². The van der Waals surface area contributed by atoms with Crippen LogP contribution in [0, 0.1) is 6.92 Å². The van der Waals surface area contributed by atoms with E-state index < -0.39 is 0 Å². The summed E-state index contributed by atoms with van der Waals surface area (Å²) < 4.78 is 6.21. The predicted octanol–water partition coefficient (Wildman–Crippen LogP) is 4.25. The van der Waals surface area contributed by atoms with Gasteiger partial charge in [0, 0.05) is 31.0 Å². The Morgan fingerprint density at radius 1 is 1.28 bits per heavy atom. The van der Waals surface area contributed by atoms with Crippen LogP contribution in [0.25, 0.3) is 11.3 Å². The fourth-order valence-electron chi connectivity index (χ4n) is 3.40. The first kappa shape index (κ1) is 17.5. The largest absolute Gasteiger partial charge is 0.460 e. The Balaban J connectivity index is 2.05. The smallest absolute Gasteiger partial charge is 0.219 e. The zero-order valence-corrected chi connectivity index (χ0v) is 15.2. The number of amides is 1. The van der Waals surface area contributed by atoms with Crippen LogP contribution in [0.5, 0.6) is 0 Å². The lowest BCUT2D eigenvalue weighted by molar-refractivity contribution is -0.130. The van der Waals surface area contributed by atoms with E-state index in [1.807, 2.05) is 31.2 Å². The van der Waals surface area contributed by atoms with Gasteiger partial charge in [-0.05, 0) is 13.3 Å². The second-order valence-corrected chi connectivity index (χ2v) is 6.92. The number of benzene rings is 1. The lowest BCUT2D eigenvalue weighted by Gasteiger charge is -2.32. The number of unbranched alkanes of at least 4 members (excludes halogenated alkanes) is 1. The molecule has 1 aliphatic heterocycles.